The van der Waals surface area contributed by atoms with E-state index in [0.29, 0.717) is 17.1 Å². The SMILES string of the molecule is CC(C)S(=O)(=O)N1CC(=O)c2c([nH]c(-c3ccncc3OCC(F)(F)F)c2Nc2ccccc2)C1. The first-order valence-electron chi connectivity index (χ1n) is 10.7. The average molecular weight is 509 g/mol. The van der Waals surface area contributed by atoms with Crippen molar-refractivity contribution >= 4 is 27.2 Å². The molecule has 0 saturated carbocycles. The van der Waals surface area contributed by atoms with Gasteiger partial charge in [0.2, 0.25) is 10.0 Å². The first-order chi connectivity index (χ1) is 16.5. The first-order valence-corrected chi connectivity index (χ1v) is 12.2. The Morgan fingerprint density at radius 3 is 2.54 bits per heavy atom. The zero-order valence-corrected chi connectivity index (χ0v) is 19.7. The van der Waals surface area contributed by atoms with Crippen LogP contribution < -0.4 is 10.1 Å². The number of halogens is 3. The second-order valence-electron chi connectivity index (χ2n) is 8.28. The molecular weight excluding hydrogens is 485 g/mol. The Morgan fingerprint density at radius 2 is 1.89 bits per heavy atom. The third-order valence-corrected chi connectivity index (χ3v) is 7.62. The molecule has 3 heterocycles. The van der Waals surface area contributed by atoms with Gasteiger partial charge >= 0.3 is 6.18 Å². The molecule has 0 saturated heterocycles. The molecule has 0 unspecified atom stereocenters. The van der Waals surface area contributed by atoms with Crippen molar-refractivity contribution in [1.82, 2.24) is 14.3 Å². The minimum atomic E-state index is -4.56. The summed E-state index contributed by atoms with van der Waals surface area (Å²) in [5.74, 6) is -0.582. The second-order valence-corrected chi connectivity index (χ2v) is 10.8. The highest BCUT2D eigenvalue weighted by atomic mass is 32.2. The highest BCUT2D eigenvalue weighted by molar-refractivity contribution is 7.89. The number of sulfonamides is 1. The van der Waals surface area contributed by atoms with Crippen molar-refractivity contribution in [3.8, 4) is 17.0 Å². The lowest BCUT2D eigenvalue weighted by atomic mass is 10.0. The van der Waals surface area contributed by atoms with Gasteiger partial charge in [0, 0.05) is 23.1 Å². The van der Waals surface area contributed by atoms with Gasteiger partial charge in [0.05, 0.1) is 41.5 Å². The van der Waals surface area contributed by atoms with Gasteiger partial charge in [-0.15, -0.1) is 0 Å². The number of rotatable bonds is 7. The summed E-state index contributed by atoms with van der Waals surface area (Å²) in [5.41, 5.74) is 2.06. The van der Waals surface area contributed by atoms with Crippen LogP contribution in [0.25, 0.3) is 11.3 Å². The molecule has 0 spiro atoms. The summed E-state index contributed by atoms with van der Waals surface area (Å²) in [7, 11) is -3.72. The molecule has 0 atom stereocenters. The monoisotopic (exact) mass is 508 g/mol. The number of aromatic nitrogens is 2. The average Bonchev–Trinajstić information content (AvgIpc) is 3.16. The molecule has 2 aromatic heterocycles. The standard InChI is InChI=1S/C23H23F3N4O4S/c1-14(2)35(32,33)30-11-17-20(18(31)12-30)22(28-15-6-4-3-5-7-15)21(29-17)16-8-9-27-10-19(16)34-13-23(24,25)26/h3-10,14,28-29H,11-13H2,1-2H3. The molecule has 0 radical (unpaired) electrons. The van der Waals surface area contributed by atoms with Crippen molar-refractivity contribution in [3.05, 3.63) is 60.0 Å². The van der Waals surface area contributed by atoms with Crippen LogP contribution in [0.15, 0.2) is 48.8 Å². The highest BCUT2D eigenvalue weighted by Gasteiger charge is 2.37. The number of H-pyrrole nitrogens is 1. The largest absolute Gasteiger partial charge is 0.482 e. The van der Waals surface area contributed by atoms with Crippen molar-refractivity contribution in [2.75, 3.05) is 18.5 Å². The van der Waals surface area contributed by atoms with E-state index in [4.69, 9.17) is 4.74 Å². The Kier molecular flexibility index (Phi) is 6.60. The van der Waals surface area contributed by atoms with Crippen molar-refractivity contribution in [2.24, 2.45) is 0 Å². The molecule has 4 rings (SSSR count). The number of para-hydroxylation sites is 1. The lowest BCUT2D eigenvalue weighted by Crippen LogP contribution is -2.42. The Morgan fingerprint density at radius 1 is 1.17 bits per heavy atom. The Balaban J connectivity index is 1.84. The number of aromatic amines is 1. The number of hydrogen-bond donors (Lipinski definition) is 2. The molecule has 1 aromatic carbocycles. The van der Waals surface area contributed by atoms with Gasteiger partial charge in [-0.05, 0) is 32.0 Å². The Hall–Kier alpha value is -3.38. The molecule has 8 nitrogen and oxygen atoms in total. The molecule has 186 valence electrons. The number of carbonyl (C=O) groups is 1. The number of nitrogens with one attached hydrogen (secondary N) is 2. The quantitative estimate of drug-likeness (QED) is 0.487. The lowest BCUT2D eigenvalue weighted by molar-refractivity contribution is -0.153. The van der Waals surface area contributed by atoms with E-state index in [1.54, 1.807) is 24.3 Å². The zero-order chi connectivity index (χ0) is 25.4. The van der Waals surface area contributed by atoms with Crippen LogP contribution in [-0.2, 0) is 16.6 Å². The number of pyridine rings is 1. The van der Waals surface area contributed by atoms with Gasteiger partial charge in [0.25, 0.3) is 0 Å². The maximum absolute atomic E-state index is 13.2. The minimum absolute atomic E-state index is 0.0884. The molecule has 0 fully saturated rings. The maximum atomic E-state index is 13.2. The van der Waals surface area contributed by atoms with E-state index in [1.807, 2.05) is 6.07 Å². The highest BCUT2D eigenvalue weighted by Crippen LogP contribution is 2.41. The van der Waals surface area contributed by atoms with E-state index < -0.39 is 33.8 Å². The van der Waals surface area contributed by atoms with E-state index in [2.05, 4.69) is 15.3 Å². The number of anilines is 2. The topological polar surface area (TPSA) is 104 Å². The summed E-state index contributed by atoms with van der Waals surface area (Å²) in [6.45, 7) is 1.10. The van der Waals surface area contributed by atoms with E-state index in [0.717, 1.165) is 10.5 Å². The fraction of sp³-hybridized carbons (Fsp3) is 0.304. The predicted molar refractivity (Wildman–Crippen MR) is 124 cm³/mol. The summed E-state index contributed by atoms with van der Waals surface area (Å²) >= 11 is 0. The second kappa shape index (κ2) is 9.34. The Bertz CT molecular complexity index is 1340. The van der Waals surface area contributed by atoms with Crippen LogP contribution in [0.3, 0.4) is 0 Å². The van der Waals surface area contributed by atoms with Gasteiger partial charge in [0.1, 0.15) is 5.75 Å². The van der Waals surface area contributed by atoms with Gasteiger partial charge < -0.3 is 15.0 Å². The number of fused-ring (bicyclic) bond motifs is 1. The van der Waals surface area contributed by atoms with E-state index >= 15 is 0 Å². The number of alkyl halides is 3. The van der Waals surface area contributed by atoms with Crippen LogP contribution in [0.2, 0.25) is 0 Å². The summed E-state index contributed by atoms with van der Waals surface area (Å²) in [5, 5.41) is 2.44. The fourth-order valence-electron chi connectivity index (χ4n) is 3.78. The molecule has 0 aliphatic carbocycles. The molecule has 1 aliphatic rings. The number of benzene rings is 1. The summed E-state index contributed by atoms with van der Waals surface area (Å²) in [4.78, 5) is 20.1. The normalized spacial score (nSPS) is 14.7. The van der Waals surface area contributed by atoms with Gasteiger partial charge in [-0.3, -0.25) is 9.78 Å². The van der Waals surface area contributed by atoms with Crippen molar-refractivity contribution in [2.45, 2.75) is 31.8 Å². The van der Waals surface area contributed by atoms with Gasteiger partial charge in [-0.2, -0.15) is 17.5 Å². The molecule has 1 aliphatic heterocycles. The number of ketones is 1. The molecular formula is C23H23F3N4O4S. The van der Waals surface area contributed by atoms with Crippen LogP contribution in [0.5, 0.6) is 5.75 Å². The number of nitrogens with zero attached hydrogens (tertiary/aromatic N) is 2. The minimum Gasteiger partial charge on any atom is -0.482 e. The number of hydrogen-bond acceptors (Lipinski definition) is 6. The first kappa shape index (κ1) is 24.7. The molecule has 0 amide bonds. The number of Topliss-reactive ketones (excluding diaryl/α,β-unsaturated/α-hetero) is 1. The van der Waals surface area contributed by atoms with Gasteiger partial charge in [-0.25, -0.2) is 8.42 Å². The lowest BCUT2D eigenvalue weighted by Gasteiger charge is -2.27. The third kappa shape index (κ3) is 5.17. The van der Waals surface area contributed by atoms with Gasteiger partial charge in [-0.1, -0.05) is 18.2 Å². The predicted octanol–water partition coefficient (Wildman–Crippen LogP) is 4.50. The number of carbonyl (C=O) groups excluding carboxylic acids is 1. The van der Waals surface area contributed by atoms with Crippen molar-refractivity contribution in [1.29, 1.82) is 0 Å². The van der Waals surface area contributed by atoms with E-state index in [9.17, 15) is 26.4 Å². The van der Waals surface area contributed by atoms with Crippen LogP contribution in [0, 0.1) is 0 Å². The number of ether oxygens (including phenoxy) is 1. The van der Waals surface area contributed by atoms with Gasteiger partial charge in [0.15, 0.2) is 12.4 Å². The van der Waals surface area contributed by atoms with Crippen LogP contribution in [0.4, 0.5) is 24.5 Å². The third-order valence-electron chi connectivity index (χ3n) is 5.45. The van der Waals surface area contributed by atoms with Crippen LogP contribution in [-0.4, -0.2) is 53.1 Å². The molecule has 35 heavy (non-hydrogen) atoms. The Labute approximate surface area is 200 Å². The maximum Gasteiger partial charge on any atom is 0.422 e. The summed E-state index contributed by atoms with van der Waals surface area (Å²) in [6, 6.07) is 10.4. The fourth-order valence-corrected chi connectivity index (χ4v) is 4.98. The van der Waals surface area contributed by atoms with Crippen LogP contribution >= 0.6 is 0 Å². The van der Waals surface area contributed by atoms with Crippen molar-refractivity contribution in [3.63, 3.8) is 0 Å². The molecule has 0 bridgehead atoms. The van der Waals surface area contributed by atoms with Crippen molar-refractivity contribution < 1.29 is 31.1 Å². The smallest absolute Gasteiger partial charge is 0.422 e. The summed E-state index contributed by atoms with van der Waals surface area (Å²) < 4.78 is 70.1. The zero-order valence-electron chi connectivity index (χ0n) is 18.9. The molecule has 3 aromatic rings. The van der Waals surface area contributed by atoms with E-state index in [-0.39, 0.29) is 35.7 Å². The molecule has 12 heteroatoms. The van der Waals surface area contributed by atoms with Crippen LogP contribution in [0.1, 0.15) is 29.9 Å². The molecule has 2 N–H and O–H groups in total. The van der Waals surface area contributed by atoms with E-state index in [1.165, 1.54) is 26.1 Å². The summed E-state index contributed by atoms with van der Waals surface area (Å²) in [6.07, 6.45) is -2.02.